The van der Waals surface area contributed by atoms with Gasteiger partial charge in [0.2, 0.25) is 0 Å². The Kier molecular flexibility index (Phi) is 23.7. The molecular weight excluding hydrogens is 1170 g/mol. The molecule has 426 valence electrons. The minimum Gasteiger partial charge on any atom is -0.143 e. The SMILES string of the molecule is CCCCCCCCCCc1cc(-c2nnc(-c3cc(-c4nnc(-c5cc(CCCCCCCCCC)c(-c6cccs6)s5)s4)cc(-c4nnc(-c5cc(CCCCCCCCCC)c(-c6cccs6)s5)s4)c3)s2)sc1-c1cccs1. The van der Waals surface area contributed by atoms with E-state index in [4.69, 9.17) is 30.6 Å². The maximum atomic E-state index is 4.95. The Bertz CT molecular complexity index is 3020. The van der Waals surface area contributed by atoms with E-state index in [1.54, 1.807) is 34.0 Å². The van der Waals surface area contributed by atoms with Crippen molar-refractivity contribution in [1.29, 1.82) is 0 Å². The van der Waals surface area contributed by atoms with Crippen molar-refractivity contribution in [3.63, 3.8) is 0 Å². The van der Waals surface area contributed by atoms with E-state index in [1.165, 1.54) is 215 Å². The van der Waals surface area contributed by atoms with E-state index in [0.717, 1.165) is 66.0 Å². The average molecular weight is 1240 g/mol. The summed E-state index contributed by atoms with van der Waals surface area (Å²) in [5.41, 5.74) is 7.31. The number of aryl methyl sites for hydroxylation is 3. The highest BCUT2D eigenvalue weighted by Gasteiger charge is 2.23. The van der Waals surface area contributed by atoms with Crippen LogP contribution in [0.1, 0.15) is 192 Å². The van der Waals surface area contributed by atoms with E-state index < -0.39 is 0 Å². The van der Waals surface area contributed by atoms with Gasteiger partial charge in [-0.25, -0.2) is 0 Å². The van der Waals surface area contributed by atoms with E-state index in [1.807, 2.05) is 68.0 Å². The molecule has 0 aliphatic carbocycles. The fourth-order valence-corrected chi connectivity index (χ4v) is 19.6. The van der Waals surface area contributed by atoms with E-state index in [-0.39, 0.29) is 0 Å². The predicted molar refractivity (Wildman–Crippen MR) is 362 cm³/mol. The van der Waals surface area contributed by atoms with Gasteiger partial charge in [0.05, 0.1) is 14.6 Å². The van der Waals surface area contributed by atoms with Crippen LogP contribution >= 0.6 is 102 Å². The number of unbranched alkanes of at least 4 members (excludes halogenated alkanes) is 21. The Balaban J connectivity index is 0.936. The topological polar surface area (TPSA) is 77.3 Å². The molecule has 81 heavy (non-hydrogen) atoms. The summed E-state index contributed by atoms with van der Waals surface area (Å²) in [6, 6.07) is 27.3. The third-order valence-electron chi connectivity index (χ3n) is 15.1. The zero-order chi connectivity index (χ0) is 55.4. The quantitative estimate of drug-likeness (QED) is 0.0364. The molecule has 0 unspecified atom stereocenters. The van der Waals surface area contributed by atoms with Crippen molar-refractivity contribution in [2.24, 2.45) is 0 Å². The Hall–Kier alpha value is -3.90. The molecule has 9 heterocycles. The average Bonchev–Trinajstić information content (AvgIpc) is 4.55. The molecule has 0 radical (unpaired) electrons. The van der Waals surface area contributed by atoms with Gasteiger partial charge in [0, 0.05) is 46.0 Å². The summed E-state index contributed by atoms with van der Waals surface area (Å²) in [5, 5.41) is 41.8. The minimum absolute atomic E-state index is 0.882. The summed E-state index contributed by atoms with van der Waals surface area (Å²) in [5.74, 6) is 0. The maximum Gasteiger partial charge on any atom is 0.158 e. The molecular formula is C66H78N6S9. The number of thiophene rings is 6. The van der Waals surface area contributed by atoms with Gasteiger partial charge in [-0.1, -0.05) is 208 Å². The molecule has 15 heteroatoms. The summed E-state index contributed by atoms with van der Waals surface area (Å²) in [6.07, 6.45) is 34.9. The van der Waals surface area contributed by atoms with Crippen LogP contribution in [0.3, 0.4) is 0 Å². The van der Waals surface area contributed by atoms with Crippen molar-refractivity contribution in [2.75, 3.05) is 0 Å². The first-order chi connectivity index (χ1) is 40.0. The van der Waals surface area contributed by atoms with Gasteiger partial charge >= 0.3 is 0 Å². The lowest BCUT2D eigenvalue weighted by molar-refractivity contribution is 0.576. The molecule has 6 nitrogen and oxygen atoms in total. The van der Waals surface area contributed by atoms with Gasteiger partial charge in [0.15, 0.2) is 15.0 Å². The Morgan fingerprint density at radius 2 is 0.531 bits per heavy atom. The van der Waals surface area contributed by atoms with Crippen LogP contribution in [0.4, 0.5) is 0 Å². The predicted octanol–water partition coefficient (Wildman–Crippen LogP) is 24.7. The van der Waals surface area contributed by atoms with E-state index in [9.17, 15) is 0 Å². The minimum atomic E-state index is 0.882. The molecule has 0 atom stereocenters. The van der Waals surface area contributed by atoms with E-state index >= 15 is 0 Å². The molecule has 1 aromatic carbocycles. The van der Waals surface area contributed by atoms with Crippen molar-refractivity contribution in [2.45, 2.75) is 194 Å². The fraction of sp³-hybridized carbons (Fsp3) is 0.455. The molecule has 0 N–H and O–H groups in total. The molecule has 10 rings (SSSR count). The number of hydrogen-bond acceptors (Lipinski definition) is 15. The molecule has 0 spiro atoms. The molecule has 0 fully saturated rings. The molecule has 0 saturated carbocycles. The monoisotopic (exact) mass is 1240 g/mol. The van der Waals surface area contributed by atoms with E-state index in [2.05, 4.69) is 110 Å². The smallest absolute Gasteiger partial charge is 0.143 e. The van der Waals surface area contributed by atoms with Crippen molar-refractivity contribution in [3.8, 4) is 90.6 Å². The van der Waals surface area contributed by atoms with Gasteiger partial charge in [0.25, 0.3) is 0 Å². The number of benzene rings is 1. The van der Waals surface area contributed by atoms with Crippen LogP contribution in [0.2, 0.25) is 0 Å². The second-order valence-electron chi connectivity index (χ2n) is 21.5. The first-order valence-electron chi connectivity index (χ1n) is 30.2. The van der Waals surface area contributed by atoms with Crippen LogP contribution in [0.25, 0.3) is 90.6 Å². The number of hydrogen-bond donors (Lipinski definition) is 0. The molecule has 9 aromatic heterocycles. The van der Waals surface area contributed by atoms with Crippen LogP contribution < -0.4 is 0 Å². The molecule has 0 aliphatic heterocycles. The molecule has 0 bridgehead atoms. The normalized spacial score (nSPS) is 11.7. The van der Waals surface area contributed by atoms with Crippen LogP contribution in [-0.4, -0.2) is 30.6 Å². The zero-order valence-corrected chi connectivity index (χ0v) is 55.0. The van der Waals surface area contributed by atoms with Gasteiger partial charge < -0.3 is 0 Å². The van der Waals surface area contributed by atoms with E-state index in [0.29, 0.717) is 0 Å². The third-order valence-corrected chi connectivity index (χ3v) is 25.2. The largest absolute Gasteiger partial charge is 0.158 e. The lowest BCUT2D eigenvalue weighted by atomic mass is 10.0. The van der Waals surface area contributed by atoms with Gasteiger partial charge in [-0.2, -0.15) is 0 Å². The summed E-state index contributed by atoms with van der Waals surface area (Å²) >= 11 is 16.1. The Morgan fingerprint density at radius 3 is 0.790 bits per heavy atom. The van der Waals surface area contributed by atoms with Gasteiger partial charge in [-0.05, 0) is 126 Å². The number of nitrogens with zero attached hydrogens (tertiary/aromatic N) is 6. The summed E-state index contributed by atoms with van der Waals surface area (Å²) in [7, 11) is 0. The highest BCUT2D eigenvalue weighted by molar-refractivity contribution is 7.28. The summed E-state index contributed by atoms with van der Waals surface area (Å²) in [6.45, 7) is 6.88. The Morgan fingerprint density at radius 1 is 0.272 bits per heavy atom. The highest BCUT2D eigenvalue weighted by atomic mass is 32.1. The van der Waals surface area contributed by atoms with Gasteiger partial charge in [-0.15, -0.1) is 98.6 Å². The molecule has 10 aromatic rings. The zero-order valence-electron chi connectivity index (χ0n) is 47.6. The van der Waals surface area contributed by atoms with Crippen molar-refractivity contribution < 1.29 is 0 Å². The molecule has 0 amide bonds. The number of rotatable bonds is 36. The third kappa shape index (κ3) is 16.7. The lowest BCUT2D eigenvalue weighted by Gasteiger charge is -2.04. The first-order valence-corrected chi connectivity index (χ1v) is 37.8. The van der Waals surface area contributed by atoms with Crippen LogP contribution in [0.15, 0.2) is 88.9 Å². The summed E-state index contributed by atoms with van der Waals surface area (Å²) in [4.78, 5) is 11.7. The molecule has 0 saturated heterocycles. The van der Waals surface area contributed by atoms with Crippen LogP contribution in [0, 0.1) is 0 Å². The summed E-state index contributed by atoms with van der Waals surface area (Å²) < 4.78 is 0. The number of aromatic nitrogens is 6. The molecule has 0 aliphatic rings. The first kappa shape index (κ1) is 60.2. The second kappa shape index (κ2) is 31.8. The standard InChI is InChI=1S/C66H78N6S9/c1-4-7-10-13-16-19-22-25-31-46-43-55(76-58(46)52-34-28-37-73-52)64-70-67-61(79-64)49-40-50(62-68-71-65(80-62)56-44-47(59(77-56)53-35-29-38-74-53)32-26-23-20-17-14-11-8-5-2)42-51(41-49)63-69-72-66(81-63)57-45-48(60(78-57)54-36-30-39-75-54)33-27-24-21-18-15-12-9-6-3/h28-30,34-45H,4-27,31-33H2,1-3H3. The lowest BCUT2D eigenvalue weighted by Crippen LogP contribution is -1.86. The fourth-order valence-electron chi connectivity index (χ4n) is 10.7. The highest BCUT2D eigenvalue weighted by Crippen LogP contribution is 2.47. The van der Waals surface area contributed by atoms with Gasteiger partial charge in [-0.3, -0.25) is 0 Å². The van der Waals surface area contributed by atoms with Crippen LogP contribution in [-0.2, 0) is 19.3 Å². The second-order valence-corrected chi connectivity index (χ2v) is 30.5. The maximum absolute atomic E-state index is 4.95. The van der Waals surface area contributed by atoms with Crippen LogP contribution in [0.5, 0.6) is 0 Å². The van der Waals surface area contributed by atoms with Crippen molar-refractivity contribution in [3.05, 3.63) is 106 Å². The Labute approximate surface area is 518 Å². The van der Waals surface area contributed by atoms with Crippen molar-refractivity contribution >= 4 is 102 Å². The van der Waals surface area contributed by atoms with Crippen molar-refractivity contribution in [1.82, 2.24) is 30.6 Å². The van der Waals surface area contributed by atoms with Gasteiger partial charge in [0.1, 0.15) is 15.0 Å².